The van der Waals surface area contributed by atoms with Crippen molar-refractivity contribution in [1.82, 2.24) is 24.6 Å². The number of nitrogens with one attached hydrogen (secondary N) is 1. The summed E-state index contributed by atoms with van der Waals surface area (Å²) in [5, 5.41) is 7.30. The first kappa shape index (κ1) is 23.2. The van der Waals surface area contributed by atoms with Gasteiger partial charge in [0.05, 0.1) is 35.1 Å². The van der Waals surface area contributed by atoms with Crippen LogP contribution in [0.5, 0.6) is 0 Å². The number of hydrogen-bond donors (Lipinski definition) is 1. The number of halogens is 1. The monoisotopic (exact) mass is 491 g/mol. The first-order chi connectivity index (χ1) is 16.7. The first-order valence-electron chi connectivity index (χ1n) is 11.5. The molecule has 1 N–H and O–H groups in total. The molecule has 1 amide bonds. The molecule has 0 unspecified atom stereocenters. The number of carbonyl (C=O) groups is 1. The van der Waals surface area contributed by atoms with Gasteiger partial charge in [-0.2, -0.15) is 5.10 Å². The fourth-order valence-electron chi connectivity index (χ4n) is 4.34. The summed E-state index contributed by atoms with van der Waals surface area (Å²) in [6.45, 7) is 7.24. The van der Waals surface area contributed by atoms with Gasteiger partial charge in [-0.15, -0.1) is 11.3 Å². The van der Waals surface area contributed by atoms with E-state index in [1.54, 1.807) is 29.3 Å². The van der Waals surface area contributed by atoms with Crippen LogP contribution in [0.2, 0.25) is 0 Å². The lowest BCUT2D eigenvalue weighted by Crippen LogP contribution is -2.38. The van der Waals surface area contributed by atoms with Crippen molar-refractivity contribution >= 4 is 17.2 Å². The zero-order valence-electron chi connectivity index (χ0n) is 19.8. The van der Waals surface area contributed by atoms with Crippen molar-refractivity contribution in [1.29, 1.82) is 0 Å². The van der Waals surface area contributed by atoms with Crippen LogP contribution in [0.15, 0.2) is 52.8 Å². The smallest absolute Gasteiger partial charge is 0.248 e. The maximum Gasteiger partial charge on any atom is 0.248 e. The number of thiazole rings is 1. The van der Waals surface area contributed by atoms with E-state index < -0.39 is 0 Å². The molecule has 0 atom stereocenters. The quantitative estimate of drug-likeness (QED) is 0.459. The van der Waals surface area contributed by atoms with Crippen molar-refractivity contribution in [2.24, 2.45) is 0 Å². The maximum atomic E-state index is 13.6. The van der Waals surface area contributed by atoms with Gasteiger partial charge >= 0.3 is 0 Å². The second-order valence-corrected chi connectivity index (χ2v) is 10.6. The molecule has 0 spiro atoms. The van der Waals surface area contributed by atoms with Crippen LogP contribution >= 0.6 is 11.3 Å². The number of carbonyl (C=O) groups excluding carboxylic acids is 1. The van der Waals surface area contributed by atoms with Gasteiger partial charge in [0.15, 0.2) is 0 Å². The minimum absolute atomic E-state index is 0.00263. The molecule has 0 saturated heterocycles. The average molecular weight is 492 g/mol. The molecular formula is C26H26FN5O2S. The van der Waals surface area contributed by atoms with Crippen molar-refractivity contribution in [3.8, 4) is 21.8 Å². The summed E-state index contributed by atoms with van der Waals surface area (Å²) in [5.74, 6) is -0.290. The van der Waals surface area contributed by atoms with Gasteiger partial charge in [-0.05, 0) is 50.6 Å². The van der Waals surface area contributed by atoms with Gasteiger partial charge in [0.2, 0.25) is 11.5 Å². The summed E-state index contributed by atoms with van der Waals surface area (Å²) in [4.78, 5) is 34.0. The van der Waals surface area contributed by atoms with Crippen LogP contribution in [0.25, 0.3) is 21.8 Å². The Kier molecular flexibility index (Phi) is 5.88. The molecule has 4 heterocycles. The van der Waals surface area contributed by atoms with E-state index in [4.69, 9.17) is 4.98 Å². The molecule has 0 fully saturated rings. The van der Waals surface area contributed by atoms with Gasteiger partial charge in [0.25, 0.3) is 0 Å². The highest BCUT2D eigenvalue weighted by molar-refractivity contribution is 7.13. The highest BCUT2D eigenvalue weighted by Gasteiger charge is 2.26. The lowest BCUT2D eigenvalue weighted by Gasteiger charge is -2.28. The second kappa shape index (κ2) is 8.88. The predicted molar refractivity (Wildman–Crippen MR) is 134 cm³/mol. The number of nitrogens with zero attached hydrogens (tertiary/aromatic N) is 4. The van der Waals surface area contributed by atoms with Crippen molar-refractivity contribution in [2.45, 2.75) is 45.7 Å². The van der Waals surface area contributed by atoms with E-state index in [1.807, 2.05) is 10.1 Å². The molecule has 1 aromatic carbocycles. The zero-order valence-corrected chi connectivity index (χ0v) is 20.7. The third-order valence-electron chi connectivity index (χ3n) is 6.08. The SMILES string of the molecule is CC(C)(C)n1ncc(-c2nc(CC(=O)N3CCc4[nH]c(=O)ccc4C3)cs2)c1-c1ccc(F)cc1. The molecule has 0 aliphatic carbocycles. The minimum atomic E-state index is -0.293. The van der Waals surface area contributed by atoms with Gasteiger partial charge in [0.1, 0.15) is 10.8 Å². The Balaban J connectivity index is 1.39. The van der Waals surface area contributed by atoms with E-state index in [2.05, 4.69) is 30.9 Å². The third kappa shape index (κ3) is 4.68. The number of benzene rings is 1. The van der Waals surface area contributed by atoms with Crippen molar-refractivity contribution in [2.75, 3.05) is 6.54 Å². The zero-order chi connectivity index (χ0) is 24.7. The number of pyridine rings is 1. The van der Waals surface area contributed by atoms with Gasteiger partial charge in [-0.3, -0.25) is 14.3 Å². The highest BCUT2D eigenvalue weighted by Crippen LogP contribution is 2.37. The lowest BCUT2D eigenvalue weighted by molar-refractivity contribution is -0.131. The summed E-state index contributed by atoms with van der Waals surface area (Å²) >= 11 is 1.47. The van der Waals surface area contributed by atoms with Crippen LogP contribution in [-0.2, 0) is 29.7 Å². The molecule has 0 radical (unpaired) electrons. The van der Waals surface area contributed by atoms with Crippen molar-refractivity contribution in [3.05, 3.63) is 81.1 Å². The van der Waals surface area contributed by atoms with Gasteiger partial charge in [-0.1, -0.05) is 6.07 Å². The largest absolute Gasteiger partial charge is 0.338 e. The Morgan fingerprint density at radius 2 is 1.94 bits per heavy atom. The predicted octanol–water partition coefficient (Wildman–Crippen LogP) is 4.38. The minimum Gasteiger partial charge on any atom is -0.338 e. The van der Waals surface area contributed by atoms with Crippen molar-refractivity contribution < 1.29 is 9.18 Å². The molecule has 4 aromatic rings. The maximum absolute atomic E-state index is 13.6. The molecule has 1 aliphatic heterocycles. The first-order valence-corrected chi connectivity index (χ1v) is 12.3. The Morgan fingerprint density at radius 3 is 2.69 bits per heavy atom. The fraction of sp³-hybridized carbons (Fsp3) is 0.308. The normalized spacial score (nSPS) is 13.7. The molecule has 35 heavy (non-hydrogen) atoms. The molecule has 0 saturated carbocycles. The fourth-order valence-corrected chi connectivity index (χ4v) is 5.17. The van der Waals surface area contributed by atoms with E-state index in [0.717, 1.165) is 33.1 Å². The number of aromatic amines is 1. The standard InChI is InChI=1S/C26H26FN5O2S/c1-26(2,3)32-24(16-4-7-18(27)8-5-16)20(13-28-32)25-29-19(15-35-25)12-23(34)31-11-10-21-17(14-31)6-9-22(33)30-21/h4-9,13,15H,10-12,14H2,1-3H3,(H,30,33). The highest BCUT2D eigenvalue weighted by atomic mass is 32.1. The molecule has 180 valence electrons. The summed E-state index contributed by atoms with van der Waals surface area (Å²) in [5.41, 5.74) is 4.75. The summed E-state index contributed by atoms with van der Waals surface area (Å²) < 4.78 is 15.5. The van der Waals surface area contributed by atoms with Gasteiger partial charge in [0, 0.05) is 42.2 Å². The summed E-state index contributed by atoms with van der Waals surface area (Å²) in [6, 6.07) is 9.67. The number of H-pyrrole nitrogens is 1. The van der Waals surface area contributed by atoms with E-state index in [-0.39, 0.29) is 29.2 Å². The molecule has 9 heteroatoms. The van der Waals surface area contributed by atoms with Gasteiger partial charge in [-0.25, -0.2) is 9.37 Å². The molecule has 1 aliphatic rings. The van der Waals surface area contributed by atoms with Crippen LogP contribution in [-0.4, -0.2) is 37.1 Å². The average Bonchev–Trinajstić information content (AvgIpc) is 3.46. The molecule has 3 aromatic heterocycles. The molecular weight excluding hydrogens is 465 g/mol. The van der Waals surface area contributed by atoms with E-state index in [9.17, 15) is 14.0 Å². The van der Waals surface area contributed by atoms with Crippen molar-refractivity contribution in [3.63, 3.8) is 0 Å². The van der Waals surface area contributed by atoms with Gasteiger partial charge < -0.3 is 9.88 Å². The van der Waals surface area contributed by atoms with Crippen LogP contribution < -0.4 is 5.56 Å². The summed E-state index contributed by atoms with van der Waals surface area (Å²) in [7, 11) is 0. The van der Waals surface area contributed by atoms with E-state index in [0.29, 0.717) is 25.2 Å². The number of amides is 1. The van der Waals surface area contributed by atoms with Crippen LogP contribution in [0.1, 0.15) is 37.7 Å². The van der Waals surface area contributed by atoms with E-state index >= 15 is 0 Å². The second-order valence-electron chi connectivity index (χ2n) is 9.71. The number of rotatable bonds is 4. The lowest BCUT2D eigenvalue weighted by atomic mass is 10.0. The molecule has 5 rings (SSSR count). The molecule has 0 bridgehead atoms. The number of hydrogen-bond acceptors (Lipinski definition) is 5. The Hall–Kier alpha value is -3.59. The number of aromatic nitrogens is 4. The number of fused-ring (bicyclic) bond motifs is 1. The Bertz CT molecular complexity index is 1450. The Labute approximate surface area is 206 Å². The third-order valence-corrected chi connectivity index (χ3v) is 7.00. The van der Waals surface area contributed by atoms with Crippen LogP contribution in [0.4, 0.5) is 4.39 Å². The topological polar surface area (TPSA) is 83.9 Å². The summed E-state index contributed by atoms with van der Waals surface area (Å²) in [6.07, 6.45) is 2.62. The van der Waals surface area contributed by atoms with Crippen LogP contribution in [0.3, 0.4) is 0 Å². The van der Waals surface area contributed by atoms with E-state index in [1.165, 1.54) is 29.5 Å². The van der Waals surface area contributed by atoms with Crippen LogP contribution in [0, 0.1) is 5.82 Å². The molecule has 7 nitrogen and oxygen atoms in total. The Morgan fingerprint density at radius 1 is 1.17 bits per heavy atom.